The number of methoxy groups -OCH3 is 1. The highest BCUT2D eigenvalue weighted by molar-refractivity contribution is 6.76. The number of benzene rings is 3. The first-order valence-corrected chi connectivity index (χ1v) is 16.8. The molecule has 0 saturated carbocycles. The Bertz CT molecular complexity index is 1480. The van der Waals surface area contributed by atoms with Crippen molar-refractivity contribution >= 4 is 25.6 Å². The molecular formula is C31H35N3O5Si. The molecule has 0 aliphatic heterocycles. The van der Waals surface area contributed by atoms with Gasteiger partial charge in [-0.05, 0) is 54.9 Å². The Hall–Kier alpha value is -4.21. The zero-order valence-corrected chi connectivity index (χ0v) is 24.6. The highest BCUT2D eigenvalue weighted by Crippen LogP contribution is 2.29. The summed E-state index contributed by atoms with van der Waals surface area (Å²) >= 11 is 0. The fourth-order valence-corrected chi connectivity index (χ4v) is 4.83. The maximum Gasteiger partial charge on any atom is 0.338 e. The number of aromatic nitrogens is 2. The Labute approximate surface area is 235 Å². The third kappa shape index (κ3) is 7.25. The minimum absolute atomic E-state index is 0.160. The topological polar surface area (TPSA) is 91.7 Å². The van der Waals surface area contributed by atoms with E-state index in [1.165, 1.54) is 7.11 Å². The van der Waals surface area contributed by atoms with E-state index in [0.29, 0.717) is 29.2 Å². The molecule has 0 aliphatic carbocycles. The maximum atomic E-state index is 13.5. The molecule has 1 amide bonds. The number of anilines is 1. The van der Waals surface area contributed by atoms with Gasteiger partial charge >= 0.3 is 5.97 Å². The molecule has 4 rings (SSSR count). The Kier molecular flexibility index (Phi) is 9.18. The molecule has 4 aromatic rings. The van der Waals surface area contributed by atoms with Gasteiger partial charge < -0.3 is 19.5 Å². The molecule has 8 nitrogen and oxygen atoms in total. The van der Waals surface area contributed by atoms with E-state index in [1.54, 1.807) is 35.9 Å². The second-order valence-corrected chi connectivity index (χ2v) is 16.2. The van der Waals surface area contributed by atoms with Gasteiger partial charge in [-0.25, -0.2) is 9.78 Å². The number of carbonyl (C=O) groups is 2. The second kappa shape index (κ2) is 12.8. The van der Waals surface area contributed by atoms with E-state index >= 15 is 0 Å². The molecule has 0 radical (unpaired) electrons. The summed E-state index contributed by atoms with van der Waals surface area (Å²) in [5.41, 5.74) is 3.05. The fourth-order valence-electron chi connectivity index (χ4n) is 4.08. The van der Waals surface area contributed by atoms with E-state index in [-0.39, 0.29) is 12.6 Å². The molecule has 3 aromatic carbocycles. The molecule has 0 spiro atoms. The van der Waals surface area contributed by atoms with Gasteiger partial charge in [0, 0.05) is 25.9 Å². The zero-order valence-electron chi connectivity index (χ0n) is 23.6. The number of amides is 1. The van der Waals surface area contributed by atoms with Crippen LogP contribution in [0.5, 0.6) is 11.5 Å². The number of hydrogen-bond donors (Lipinski definition) is 1. The van der Waals surface area contributed by atoms with Gasteiger partial charge in [-0.3, -0.25) is 9.36 Å². The van der Waals surface area contributed by atoms with Crippen molar-refractivity contribution in [2.45, 2.75) is 39.3 Å². The quantitative estimate of drug-likeness (QED) is 0.121. The van der Waals surface area contributed by atoms with E-state index in [9.17, 15) is 9.59 Å². The Morgan fingerprint density at radius 3 is 2.40 bits per heavy atom. The van der Waals surface area contributed by atoms with E-state index in [2.05, 4.69) is 29.9 Å². The molecule has 1 aromatic heterocycles. The van der Waals surface area contributed by atoms with Gasteiger partial charge in [0.05, 0.1) is 24.6 Å². The Balaban J connectivity index is 1.64. The maximum absolute atomic E-state index is 13.5. The number of nitrogens with zero attached hydrogens (tertiary/aromatic N) is 2. The molecule has 208 valence electrons. The molecule has 40 heavy (non-hydrogen) atoms. The number of ether oxygens (including phenoxy) is 3. The second-order valence-electron chi connectivity index (χ2n) is 10.6. The number of hydrogen-bond acceptors (Lipinski definition) is 6. The van der Waals surface area contributed by atoms with Crippen LogP contribution in [0.3, 0.4) is 0 Å². The van der Waals surface area contributed by atoms with Gasteiger partial charge in [-0.15, -0.1) is 0 Å². The minimum Gasteiger partial charge on any atom is -0.465 e. The summed E-state index contributed by atoms with van der Waals surface area (Å²) < 4.78 is 18.7. The summed E-state index contributed by atoms with van der Waals surface area (Å²) in [6.07, 6.45) is 1.66. The zero-order chi connectivity index (χ0) is 28.7. The predicted molar refractivity (Wildman–Crippen MR) is 159 cm³/mol. The van der Waals surface area contributed by atoms with Gasteiger partial charge in [0.1, 0.15) is 18.2 Å². The lowest BCUT2D eigenvalue weighted by Gasteiger charge is -2.17. The molecule has 0 bridgehead atoms. The van der Waals surface area contributed by atoms with E-state index in [0.717, 1.165) is 23.1 Å². The number of para-hydroxylation sites is 1. The highest BCUT2D eigenvalue weighted by atomic mass is 28.3. The van der Waals surface area contributed by atoms with Crippen LogP contribution in [0.4, 0.5) is 5.69 Å². The molecule has 0 aliphatic rings. The summed E-state index contributed by atoms with van der Waals surface area (Å²) in [4.78, 5) is 30.1. The molecule has 1 N–H and O–H groups in total. The number of carbonyl (C=O) groups excluding carboxylic acids is 2. The summed E-state index contributed by atoms with van der Waals surface area (Å²) in [6, 6.07) is 23.3. The SMILES string of the molecule is COC(=O)c1cccc(NC(=O)c2ncc(-c3cccc(Oc4ccccc4)c3)n2COCC[Si](C)(C)C)c1C. The van der Waals surface area contributed by atoms with E-state index in [4.69, 9.17) is 14.2 Å². The van der Waals surface area contributed by atoms with Crippen molar-refractivity contribution in [3.8, 4) is 22.8 Å². The van der Waals surface area contributed by atoms with Crippen LogP contribution in [0.25, 0.3) is 11.3 Å². The molecule has 0 fully saturated rings. The molecule has 0 saturated heterocycles. The number of imidazole rings is 1. The van der Waals surface area contributed by atoms with Crippen molar-refractivity contribution in [1.82, 2.24) is 9.55 Å². The monoisotopic (exact) mass is 557 g/mol. The summed E-state index contributed by atoms with van der Waals surface area (Å²) in [5, 5.41) is 2.91. The van der Waals surface area contributed by atoms with Crippen LogP contribution in [-0.4, -0.2) is 43.2 Å². The molecule has 0 unspecified atom stereocenters. The number of rotatable bonds is 11. The lowest BCUT2D eigenvalue weighted by Crippen LogP contribution is -2.23. The lowest BCUT2D eigenvalue weighted by molar-refractivity contribution is 0.0599. The molecular weight excluding hydrogens is 522 g/mol. The van der Waals surface area contributed by atoms with E-state index in [1.807, 2.05) is 54.6 Å². The lowest BCUT2D eigenvalue weighted by atomic mass is 10.1. The van der Waals surface area contributed by atoms with E-state index < -0.39 is 20.0 Å². The summed E-state index contributed by atoms with van der Waals surface area (Å²) in [5.74, 6) is 0.706. The average Bonchev–Trinajstić information content (AvgIpc) is 3.36. The van der Waals surface area contributed by atoms with Crippen LogP contribution in [0, 0.1) is 6.92 Å². The Morgan fingerprint density at radius 2 is 1.68 bits per heavy atom. The van der Waals surface area contributed by atoms with Crippen LogP contribution in [0.2, 0.25) is 25.7 Å². The first-order chi connectivity index (χ1) is 19.2. The van der Waals surface area contributed by atoms with Crippen LogP contribution in [-0.2, 0) is 16.2 Å². The van der Waals surface area contributed by atoms with Crippen molar-refractivity contribution in [2.75, 3.05) is 19.0 Å². The minimum atomic E-state index is -1.30. The Morgan fingerprint density at radius 1 is 0.950 bits per heavy atom. The average molecular weight is 558 g/mol. The molecule has 1 heterocycles. The van der Waals surface area contributed by atoms with Crippen LogP contribution in [0.15, 0.2) is 79.0 Å². The smallest absolute Gasteiger partial charge is 0.338 e. The highest BCUT2D eigenvalue weighted by Gasteiger charge is 2.21. The first kappa shape index (κ1) is 28.8. The standard InChI is InChI=1S/C31H35N3O5Si/c1-22-26(31(36)37-2)15-10-16-27(22)33-30(35)29-32-20-28(34(29)21-38-17-18-40(3,4)5)23-11-9-14-25(19-23)39-24-12-7-6-8-13-24/h6-16,19-20H,17-18,21H2,1-5H3,(H,33,35). The van der Waals surface area contributed by atoms with Gasteiger partial charge in [-0.1, -0.05) is 56.0 Å². The van der Waals surface area contributed by atoms with Gasteiger partial charge in [-0.2, -0.15) is 0 Å². The third-order valence-corrected chi connectivity index (χ3v) is 8.08. The number of esters is 1. The molecule has 0 atom stereocenters. The fraction of sp³-hybridized carbons (Fsp3) is 0.258. The summed E-state index contributed by atoms with van der Waals surface area (Å²) in [7, 11) is 0.0312. The third-order valence-electron chi connectivity index (χ3n) is 6.37. The predicted octanol–water partition coefficient (Wildman–Crippen LogP) is 7.00. The normalized spacial score (nSPS) is 11.2. The van der Waals surface area contributed by atoms with Gasteiger partial charge in [0.25, 0.3) is 5.91 Å². The van der Waals surface area contributed by atoms with Crippen molar-refractivity contribution < 1.29 is 23.8 Å². The van der Waals surface area contributed by atoms with Crippen molar-refractivity contribution in [2.24, 2.45) is 0 Å². The summed E-state index contributed by atoms with van der Waals surface area (Å²) in [6.45, 7) is 9.39. The van der Waals surface area contributed by atoms with Crippen LogP contribution < -0.4 is 10.1 Å². The molecule has 9 heteroatoms. The van der Waals surface area contributed by atoms with Crippen molar-refractivity contribution in [3.05, 3.63) is 95.9 Å². The number of nitrogens with one attached hydrogen (secondary N) is 1. The van der Waals surface area contributed by atoms with Gasteiger partial charge in [0.2, 0.25) is 5.82 Å². The first-order valence-electron chi connectivity index (χ1n) is 13.1. The van der Waals surface area contributed by atoms with Crippen molar-refractivity contribution in [1.29, 1.82) is 0 Å². The van der Waals surface area contributed by atoms with Gasteiger partial charge in [0.15, 0.2) is 0 Å². The van der Waals surface area contributed by atoms with Crippen molar-refractivity contribution in [3.63, 3.8) is 0 Å². The van der Waals surface area contributed by atoms with Crippen LogP contribution >= 0.6 is 0 Å². The largest absolute Gasteiger partial charge is 0.465 e. The van der Waals surface area contributed by atoms with Crippen LogP contribution in [0.1, 0.15) is 26.5 Å².